The van der Waals surface area contributed by atoms with Crippen LogP contribution in [0.2, 0.25) is 0 Å². The Bertz CT molecular complexity index is 1820. The first-order chi connectivity index (χ1) is 20.8. The smallest absolute Gasteiger partial charge is 0.290 e. The molecule has 14 heteroatoms. The van der Waals surface area contributed by atoms with Crippen LogP contribution in [0.1, 0.15) is 0 Å². The molecule has 4 heterocycles. The SMILES string of the molecule is COc1ncc(-c2ccc3nc(N)n(-c4ccc(N5CCOCC5)cc4)c3c2)cc1NS(=O)(=O)c1cccnc1.O=CO. The maximum Gasteiger partial charge on any atom is 0.290 e. The lowest BCUT2D eigenvalue weighted by Gasteiger charge is -2.29. The molecule has 222 valence electrons. The topological polar surface area (TPSA) is 175 Å². The van der Waals surface area contributed by atoms with Crippen molar-refractivity contribution >= 4 is 44.9 Å². The number of aromatic nitrogens is 4. The summed E-state index contributed by atoms with van der Waals surface area (Å²) in [5, 5.41) is 6.89. The Morgan fingerprint density at radius 2 is 1.74 bits per heavy atom. The van der Waals surface area contributed by atoms with Crippen molar-refractivity contribution in [1.29, 1.82) is 0 Å². The maximum absolute atomic E-state index is 13.0. The summed E-state index contributed by atoms with van der Waals surface area (Å²) in [6.07, 6.45) is 4.41. The van der Waals surface area contributed by atoms with E-state index in [2.05, 4.69) is 36.7 Å². The van der Waals surface area contributed by atoms with Crippen molar-refractivity contribution in [1.82, 2.24) is 19.5 Å². The molecule has 0 unspecified atom stereocenters. The Morgan fingerprint density at radius 1 is 1.02 bits per heavy atom. The molecule has 0 saturated carbocycles. The van der Waals surface area contributed by atoms with Crippen molar-refractivity contribution in [2.45, 2.75) is 4.90 Å². The van der Waals surface area contributed by atoms with E-state index in [0.717, 1.165) is 54.3 Å². The van der Waals surface area contributed by atoms with Gasteiger partial charge in [-0.3, -0.25) is 19.1 Å². The van der Waals surface area contributed by atoms with Crippen LogP contribution < -0.4 is 20.1 Å². The molecule has 1 fully saturated rings. The predicted octanol–water partition coefficient (Wildman–Crippen LogP) is 3.41. The number of benzene rings is 2. The predicted molar refractivity (Wildman–Crippen MR) is 162 cm³/mol. The number of sulfonamides is 1. The highest BCUT2D eigenvalue weighted by atomic mass is 32.2. The van der Waals surface area contributed by atoms with Gasteiger partial charge < -0.3 is 25.2 Å². The van der Waals surface area contributed by atoms with Crippen molar-refractivity contribution in [3.05, 3.63) is 79.3 Å². The lowest BCUT2D eigenvalue weighted by atomic mass is 10.1. The third-order valence-corrected chi connectivity index (χ3v) is 8.08. The molecule has 1 aliphatic heterocycles. The number of pyridine rings is 2. The van der Waals surface area contributed by atoms with Crippen molar-refractivity contribution in [3.8, 4) is 22.7 Å². The Morgan fingerprint density at radius 3 is 2.42 bits per heavy atom. The number of fused-ring (bicyclic) bond motifs is 1. The summed E-state index contributed by atoms with van der Waals surface area (Å²) in [4.78, 5) is 23.5. The van der Waals surface area contributed by atoms with Crippen molar-refractivity contribution in [3.63, 3.8) is 0 Å². The third kappa shape index (κ3) is 6.34. The van der Waals surface area contributed by atoms with Gasteiger partial charge in [0, 0.05) is 48.6 Å². The van der Waals surface area contributed by atoms with Crippen LogP contribution in [0.25, 0.3) is 27.8 Å². The molecule has 3 aromatic heterocycles. The van der Waals surface area contributed by atoms with Crippen LogP contribution in [-0.4, -0.2) is 72.9 Å². The van der Waals surface area contributed by atoms with Gasteiger partial charge in [-0.2, -0.15) is 0 Å². The van der Waals surface area contributed by atoms with Crippen LogP contribution in [0.4, 0.5) is 17.3 Å². The number of rotatable bonds is 7. The van der Waals surface area contributed by atoms with Crippen LogP contribution in [0.5, 0.6) is 5.88 Å². The standard InChI is InChI=1S/C28H27N7O4S.CH2O2/c1-38-27-25(33-40(36,37)23-3-2-10-30-18-23)15-20(17-31-27)19-4-9-24-26(16-19)35(28(29)32-24)22-7-5-21(6-8-22)34-11-13-39-14-12-34;2-1-3/h2-10,15-18,33H,11-14H2,1H3,(H2,29,32);1H,(H,2,3). The number of hydrogen-bond donors (Lipinski definition) is 3. The van der Waals surface area contributed by atoms with Crippen molar-refractivity contribution < 1.29 is 27.8 Å². The van der Waals surface area contributed by atoms with Crippen LogP contribution in [0, 0.1) is 0 Å². The number of nitrogens with two attached hydrogens (primary N) is 1. The van der Waals surface area contributed by atoms with E-state index in [4.69, 9.17) is 25.1 Å². The van der Waals surface area contributed by atoms with Gasteiger partial charge in [-0.15, -0.1) is 0 Å². The number of imidazole rings is 1. The highest BCUT2D eigenvalue weighted by molar-refractivity contribution is 7.92. The number of carbonyl (C=O) groups is 1. The van der Waals surface area contributed by atoms with E-state index < -0.39 is 10.0 Å². The van der Waals surface area contributed by atoms with Crippen LogP contribution in [0.3, 0.4) is 0 Å². The quantitative estimate of drug-likeness (QED) is 0.233. The number of nitrogens with one attached hydrogen (secondary N) is 1. The van der Waals surface area contributed by atoms with Gasteiger partial charge in [-0.05, 0) is 60.2 Å². The largest absolute Gasteiger partial charge is 0.483 e. The van der Waals surface area contributed by atoms with Gasteiger partial charge in [0.05, 0.1) is 31.4 Å². The number of carboxylic acid groups (broad SMARTS) is 1. The second kappa shape index (κ2) is 12.8. The molecule has 13 nitrogen and oxygen atoms in total. The van der Waals surface area contributed by atoms with Crippen LogP contribution >= 0.6 is 0 Å². The molecule has 0 bridgehead atoms. The number of morpholine rings is 1. The summed E-state index contributed by atoms with van der Waals surface area (Å²) in [6, 6.07) is 18.6. The second-order valence-corrected chi connectivity index (χ2v) is 11.0. The summed E-state index contributed by atoms with van der Waals surface area (Å²) >= 11 is 0. The molecule has 43 heavy (non-hydrogen) atoms. The van der Waals surface area contributed by atoms with Gasteiger partial charge in [0.15, 0.2) is 0 Å². The monoisotopic (exact) mass is 603 g/mol. The Hall–Kier alpha value is -5.21. The van der Waals surface area contributed by atoms with Crippen LogP contribution in [-0.2, 0) is 19.6 Å². The Balaban J connectivity index is 0.00000118. The molecule has 0 spiro atoms. The molecule has 1 saturated heterocycles. The highest BCUT2D eigenvalue weighted by Gasteiger charge is 2.19. The second-order valence-electron chi connectivity index (χ2n) is 9.31. The van der Waals surface area contributed by atoms with E-state index in [1.807, 2.05) is 34.9 Å². The van der Waals surface area contributed by atoms with E-state index in [1.54, 1.807) is 18.3 Å². The van der Waals surface area contributed by atoms with E-state index in [1.165, 1.54) is 25.6 Å². The lowest BCUT2D eigenvalue weighted by molar-refractivity contribution is -0.122. The van der Waals surface area contributed by atoms with E-state index in [9.17, 15) is 8.42 Å². The first kappa shape index (κ1) is 29.3. The summed E-state index contributed by atoms with van der Waals surface area (Å²) in [7, 11) is -2.47. The van der Waals surface area contributed by atoms with Crippen molar-refractivity contribution in [2.24, 2.45) is 0 Å². The molecule has 0 amide bonds. The fourth-order valence-electron chi connectivity index (χ4n) is 4.73. The number of nitrogen functional groups attached to an aromatic ring is 1. The number of methoxy groups -OCH3 is 1. The molecule has 1 aliphatic rings. The zero-order valence-electron chi connectivity index (χ0n) is 23.1. The van der Waals surface area contributed by atoms with Crippen molar-refractivity contribution in [2.75, 3.05) is 48.8 Å². The number of hydrogen-bond acceptors (Lipinski definition) is 10. The molecule has 0 radical (unpaired) electrons. The Kier molecular flexibility index (Phi) is 8.69. The molecular weight excluding hydrogens is 574 g/mol. The Labute approximate surface area is 247 Å². The minimum atomic E-state index is -3.90. The number of ether oxygens (including phenoxy) is 2. The minimum absolute atomic E-state index is 0.0305. The first-order valence-electron chi connectivity index (χ1n) is 13.1. The zero-order valence-corrected chi connectivity index (χ0v) is 23.9. The molecule has 5 aromatic rings. The maximum atomic E-state index is 13.0. The van der Waals surface area contributed by atoms with E-state index >= 15 is 0 Å². The average molecular weight is 604 g/mol. The van der Waals surface area contributed by atoms with Crippen LogP contribution in [0.15, 0.2) is 84.1 Å². The molecule has 2 aromatic carbocycles. The molecule has 0 atom stereocenters. The summed E-state index contributed by atoms with van der Waals surface area (Å²) in [6.45, 7) is 2.90. The normalized spacial score (nSPS) is 13.2. The van der Waals surface area contributed by atoms with Gasteiger partial charge >= 0.3 is 0 Å². The lowest BCUT2D eigenvalue weighted by Crippen LogP contribution is -2.36. The minimum Gasteiger partial charge on any atom is -0.483 e. The molecular formula is C29H29N7O6S. The number of anilines is 3. The molecule has 6 rings (SSSR count). The van der Waals surface area contributed by atoms with Gasteiger partial charge in [0.25, 0.3) is 16.5 Å². The van der Waals surface area contributed by atoms with Gasteiger partial charge in [0.1, 0.15) is 10.6 Å². The highest BCUT2D eigenvalue weighted by Crippen LogP contribution is 2.33. The average Bonchev–Trinajstić information content (AvgIpc) is 3.37. The fourth-order valence-corrected chi connectivity index (χ4v) is 5.75. The van der Waals surface area contributed by atoms with Gasteiger partial charge in [-0.1, -0.05) is 6.07 Å². The summed E-state index contributed by atoms with van der Waals surface area (Å²) in [5.41, 5.74) is 11.6. The first-order valence-corrected chi connectivity index (χ1v) is 14.6. The van der Waals surface area contributed by atoms with Gasteiger partial charge in [-0.25, -0.2) is 18.4 Å². The molecule has 0 aliphatic carbocycles. The van der Waals surface area contributed by atoms with E-state index in [-0.39, 0.29) is 22.9 Å². The third-order valence-electron chi connectivity index (χ3n) is 6.73. The summed E-state index contributed by atoms with van der Waals surface area (Å²) < 4.78 is 41.2. The number of nitrogens with zero attached hydrogens (tertiary/aromatic N) is 5. The van der Waals surface area contributed by atoms with Gasteiger partial charge in [0.2, 0.25) is 11.8 Å². The molecule has 4 N–H and O–H groups in total. The zero-order chi connectivity index (χ0) is 30.4. The van der Waals surface area contributed by atoms with E-state index in [0.29, 0.717) is 11.5 Å². The fraction of sp³-hybridized carbons (Fsp3) is 0.172. The summed E-state index contributed by atoms with van der Waals surface area (Å²) in [5.74, 6) is 0.510.